The minimum Gasteiger partial charge on any atom is -0.316 e. The second-order valence-corrected chi connectivity index (χ2v) is 6.73. The maximum atomic E-state index is 13.6. The Morgan fingerprint density at radius 2 is 2.10 bits per heavy atom. The van der Waals surface area contributed by atoms with Crippen LogP contribution in [0.3, 0.4) is 0 Å². The minimum atomic E-state index is -0.173. The molecule has 1 N–H and O–H groups in total. The molecule has 0 saturated heterocycles. The van der Waals surface area contributed by atoms with Crippen molar-refractivity contribution in [3.63, 3.8) is 0 Å². The van der Waals surface area contributed by atoms with E-state index in [9.17, 15) is 4.39 Å². The van der Waals surface area contributed by atoms with Gasteiger partial charge in [-0.1, -0.05) is 38.3 Å². The summed E-state index contributed by atoms with van der Waals surface area (Å²) in [6, 6.07) is 4.81. The van der Waals surface area contributed by atoms with Gasteiger partial charge in [0.15, 0.2) is 0 Å². The fourth-order valence-corrected chi connectivity index (χ4v) is 3.84. The van der Waals surface area contributed by atoms with E-state index in [0.29, 0.717) is 11.8 Å². The van der Waals surface area contributed by atoms with Gasteiger partial charge in [-0.25, -0.2) is 4.39 Å². The van der Waals surface area contributed by atoms with Gasteiger partial charge in [0.25, 0.3) is 0 Å². The van der Waals surface area contributed by atoms with Crippen molar-refractivity contribution in [3.05, 3.63) is 34.6 Å². The number of hydrogen-bond acceptors (Lipinski definition) is 1. The summed E-state index contributed by atoms with van der Waals surface area (Å²) in [4.78, 5) is 0. The van der Waals surface area contributed by atoms with E-state index < -0.39 is 0 Å². The van der Waals surface area contributed by atoms with Crippen molar-refractivity contribution in [1.82, 2.24) is 5.32 Å². The zero-order valence-electron chi connectivity index (χ0n) is 13.2. The van der Waals surface area contributed by atoms with E-state index in [1.165, 1.54) is 25.3 Å². The van der Waals surface area contributed by atoms with Gasteiger partial charge in [-0.2, -0.15) is 0 Å². The minimum absolute atomic E-state index is 0.173. The SMILES string of the molecule is CCCNCC1CCC(CC)CC1c1cc(F)ccc1Cl. The molecule has 1 saturated carbocycles. The number of nitrogens with one attached hydrogen (secondary N) is 1. The van der Waals surface area contributed by atoms with Gasteiger partial charge in [0.2, 0.25) is 0 Å². The van der Waals surface area contributed by atoms with Crippen LogP contribution in [0.5, 0.6) is 0 Å². The largest absolute Gasteiger partial charge is 0.316 e. The number of halogens is 2. The van der Waals surface area contributed by atoms with E-state index >= 15 is 0 Å². The Morgan fingerprint density at radius 1 is 1.29 bits per heavy atom. The van der Waals surface area contributed by atoms with E-state index in [1.54, 1.807) is 12.1 Å². The highest BCUT2D eigenvalue weighted by Crippen LogP contribution is 2.43. The molecule has 3 heteroatoms. The highest BCUT2D eigenvalue weighted by molar-refractivity contribution is 6.31. The quantitative estimate of drug-likeness (QED) is 0.695. The molecule has 3 unspecified atom stereocenters. The first-order valence-corrected chi connectivity index (χ1v) is 8.69. The van der Waals surface area contributed by atoms with Crippen LogP contribution >= 0.6 is 11.6 Å². The predicted molar refractivity (Wildman–Crippen MR) is 88.4 cm³/mol. The third kappa shape index (κ3) is 4.43. The molecule has 1 aromatic rings. The summed E-state index contributed by atoms with van der Waals surface area (Å²) in [5, 5.41) is 4.26. The molecule has 1 nitrogen and oxygen atoms in total. The Balaban J connectivity index is 2.17. The van der Waals surface area contributed by atoms with Gasteiger partial charge in [0.1, 0.15) is 5.82 Å². The summed E-state index contributed by atoms with van der Waals surface area (Å²) in [6.07, 6.45) is 6.00. The number of hydrogen-bond donors (Lipinski definition) is 1. The molecular weight excluding hydrogens is 285 g/mol. The number of benzene rings is 1. The van der Waals surface area contributed by atoms with Crippen molar-refractivity contribution >= 4 is 11.6 Å². The average molecular weight is 312 g/mol. The van der Waals surface area contributed by atoms with Gasteiger partial charge in [-0.05, 0) is 73.9 Å². The maximum absolute atomic E-state index is 13.6. The molecule has 21 heavy (non-hydrogen) atoms. The Hall–Kier alpha value is -0.600. The van der Waals surface area contributed by atoms with E-state index in [0.717, 1.165) is 42.4 Å². The molecule has 2 rings (SSSR count). The Labute approximate surface area is 133 Å². The molecule has 0 spiro atoms. The topological polar surface area (TPSA) is 12.0 Å². The van der Waals surface area contributed by atoms with Crippen LogP contribution in [0.2, 0.25) is 5.02 Å². The van der Waals surface area contributed by atoms with Crippen molar-refractivity contribution < 1.29 is 4.39 Å². The maximum Gasteiger partial charge on any atom is 0.123 e. The van der Waals surface area contributed by atoms with Crippen molar-refractivity contribution in [1.29, 1.82) is 0 Å². The molecule has 1 aliphatic carbocycles. The van der Waals surface area contributed by atoms with Crippen molar-refractivity contribution in [3.8, 4) is 0 Å². The summed E-state index contributed by atoms with van der Waals surface area (Å²) >= 11 is 6.36. The van der Waals surface area contributed by atoms with Crippen LogP contribution in [0.1, 0.15) is 57.4 Å². The van der Waals surface area contributed by atoms with Crippen LogP contribution in [0.4, 0.5) is 4.39 Å². The lowest BCUT2D eigenvalue weighted by Gasteiger charge is -2.37. The fraction of sp³-hybridized carbons (Fsp3) is 0.667. The lowest BCUT2D eigenvalue weighted by Crippen LogP contribution is -2.32. The third-order valence-corrected chi connectivity index (χ3v) is 5.21. The van der Waals surface area contributed by atoms with Crippen molar-refractivity contribution in [2.24, 2.45) is 11.8 Å². The molecule has 3 atom stereocenters. The van der Waals surface area contributed by atoms with Crippen LogP contribution < -0.4 is 5.32 Å². The summed E-state index contributed by atoms with van der Waals surface area (Å²) in [7, 11) is 0. The smallest absolute Gasteiger partial charge is 0.123 e. The molecule has 0 aliphatic heterocycles. The Morgan fingerprint density at radius 3 is 2.81 bits per heavy atom. The van der Waals surface area contributed by atoms with Crippen LogP contribution in [0.25, 0.3) is 0 Å². The second-order valence-electron chi connectivity index (χ2n) is 6.32. The van der Waals surface area contributed by atoms with E-state index in [4.69, 9.17) is 11.6 Å². The predicted octanol–water partition coefficient (Wildman–Crippen LogP) is 5.39. The molecule has 1 fully saturated rings. The summed E-state index contributed by atoms with van der Waals surface area (Å²) in [5.74, 6) is 1.53. The summed E-state index contributed by atoms with van der Waals surface area (Å²) in [5.41, 5.74) is 1.01. The van der Waals surface area contributed by atoms with Gasteiger partial charge >= 0.3 is 0 Å². The normalized spacial score (nSPS) is 26.0. The van der Waals surface area contributed by atoms with Gasteiger partial charge in [0, 0.05) is 5.02 Å². The van der Waals surface area contributed by atoms with Crippen LogP contribution in [0.15, 0.2) is 18.2 Å². The molecule has 0 heterocycles. The first kappa shape index (κ1) is 16.8. The highest BCUT2D eigenvalue weighted by atomic mass is 35.5. The van der Waals surface area contributed by atoms with Crippen LogP contribution in [-0.4, -0.2) is 13.1 Å². The van der Waals surface area contributed by atoms with Gasteiger partial charge in [-0.15, -0.1) is 0 Å². The number of rotatable bonds is 6. The lowest BCUT2D eigenvalue weighted by atomic mass is 9.70. The Kier molecular flexibility index (Phi) is 6.50. The summed E-state index contributed by atoms with van der Waals surface area (Å²) < 4.78 is 13.6. The van der Waals surface area contributed by atoms with E-state index in [2.05, 4.69) is 19.2 Å². The third-order valence-electron chi connectivity index (χ3n) is 4.87. The molecule has 0 aromatic heterocycles. The van der Waals surface area contributed by atoms with Gasteiger partial charge in [0.05, 0.1) is 0 Å². The second kappa shape index (κ2) is 8.14. The first-order valence-electron chi connectivity index (χ1n) is 8.31. The molecule has 0 amide bonds. The lowest BCUT2D eigenvalue weighted by molar-refractivity contribution is 0.225. The van der Waals surface area contributed by atoms with Gasteiger partial charge in [-0.3, -0.25) is 0 Å². The highest BCUT2D eigenvalue weighted by Gasteiger charge is 2.31. The summed E-state index contributed by atoms with van der Waals surface area (Å²) in [6.45, 7) is 6.51. The molecule has 118 valence electrons. The van der Waals surface area contributed by atoms with E-state index in [1.807, 2.05) is 0 Å². The molecule has 0 bridgehead atoms. The van der Waals surface area contributed by atoms with Crippen molar-refractivity contribution in [2.75, 3.05) is 13.1 Å². The van der Waals surface area contributed by atoms with Crippen LogP contribution in [0, 0.1) is 17.7 Å². The monoisotopic (exact) mass is 311 g/mol. The standard InChI is InChI=1S/C18H27ClFN/c1-3-9-21-12-14-6-5-13(4-2)10-16(14)17-11-15(20)7-8-18(17)19/h7-8,11,13-14,16,21H,3-6,9-10,12H2,1-2H3. The zero-order valence-corrected chi connectivity index (χ0v) is 13.9. The Bertz CT molecular complexity index is 447. The average Bonchev–Trinajstić information content (AvgIpc) is 2.50. The van der Waals surface area contributed by atoms with Gasteiger partial charge < -0.3 is 5.32 Å². The van der Waals surface area contributed by atoms with Crippen LogP contribution in [-0.2, 0) is 0 Å². The fourth-order valence-electron chi connectivity index (χ4n) is 3.58. The zero-order chi connectivity index (χ0) is 15.2. The van der Waals surface area contributed by atoms with E-state index in [-0.39, 0.29) is 5.82 Å². The molecule has 1 aliphatic rings. The molecule has 1 aromatic carbocycles. The molecule has 0 radical (unpaired) electrons. The van der Waals surface area contributed by atoms with Crippen molar-refractivity contribution in [2.45, 2.75) is 51.9 Å². The molecular formula is C18H27ClFN. The first-order chi connectivity index (χ1) is 10.2.